The molecule has 198 valence electrons. The van der Waals surface area contributed by atoms with Gasteiger partial charge >= 0.3 is 0 Å². The summed E-state index contributed by atoms with van der Waals surface area (Å²) in [5, 5.41) is 0. The molecule has 1 fully saturated rings. The van der Waals surface area contributed by atoms with Gasteiger partial charge in [0.05, 0.1) is 25.7 Å². The largest absolute Gasteiger partial charge is 0.322 e. The van der Waals surface area contributed by atoms with Gasteiger partial charge < -0.3 is 4.48 Å². The molecule has 38 heavy (non-hydrogen) atoms. The normalized spacial score (nSPS) is 14.4. The molecule has 0 amide bonds. The Morgan fingerprint density at radius 1 is 0.474 bits per heavy atom. The Morgan fingerprint density at radius 3 is 1.03 bits per heavy atom. The second-order valence-electron chi connectivity index (χ2n) is 11.0. The predicted molar refractivity (Wildman–Crippen MR) is 169 cm³/mol. The maximum absolute atomic E-state index is 2.36. The Balaban J connectivity index is 0.000000219. The number of quaternary nitrogens is 1. The van der Waals surface area contributed by atoms with Gasteiger partial charge in [0.15, 0.2) is 0 Å². The van der Waals surface area contributed by atoms with Crippen LogP contribution in [-0.4, -0.2) is 36.3 Å². The van der Waals surface area contributed by atoms with Crippen LogP contribution in [0.1, 0.15) is 52.9 Å². The minimum absolute atomic E-state index is 0.980. The van der Waals surface area contributed by atoms with Crippen LogP contribution < -0.4 is 21.9 Å². The first-order chi connectivity index (χ1) is 18.7. The third-order valence-electron chi connectivity index (χ3n) is 9.44. The van der Waals surface area contributed by atoms with Crippen LogP contribution in [0.4, 0.5) is 0 Å². The molecule has 5 rings (SSSR count). The molecule has 1 nitrogen and oxygen atoms in total. The van der Waals surface area contributed by atoms with Crippen molar-refractivity contribution in [3.8, 4) is 0 Å². The van der Waals surface area contributed by atoms with E-state index in [2.05, 4.69) is 142 Å². The van der Waals surface area contributed by atoms with E-state index in [9.17, 15) is 0 Å². The summed E-state index contributed by atoms with van der Waals surface area (Å²) in [7, 11) is 0. The van der Waals surface area contributed by atoms with E-state index in [1.54, 1.807) is 0 Å². The molecule has 0 unspecified atom stereocenters. The maximum atomic E-state index is 2.36. The summed E-state index contributed by atoms with van der Waals surface area (Å²) in [6.07, 6.45) is 6.18. The fourth-order valence-electron chi connectivity index (χ4n) is 7.20. The molecular formula is C36H46BN. The van der Waals surface area contributed by atoms with Gasteiger partial charge in [0.1, 0.15) is 6.15 Å². The highest BCUT2D eigenvalue weighted by Crippen LogP contribution is 2.28. The number of rotatable bonds is 8. The van der Waals surface area contributed by atoms with Gasteiger partial charge in [-0.2, -0.15) is 21.9 Å². The Kier molecular flexibility index (Phi) is 10.0. The third-order valence-corrected chi connectivity index (χ3v) is 9.44. The standard InChI is InChI=1S/C24H20B.C12H26N/c1-5-13-21(14-6-1)25(22-15-7-2-8-16-22,23-17-9-3-10-18-23)24-19-11-4-12-20-24;1-4-13(5-2,6-3)12-10-8-7-9-11-12/h1-20H;12H,4-11H2,1-3H3/q-1;+1. The lowest BCUT2D eigenvalue weighted by Crippen LogP contribution is -2.74. The molecular weight excluding hydrogens is 457 g/mol. The van der Waals surface area contributed by atoms with E-state index < -0.39 is 6.15 Å². The lowest BCUT2D eigenvalue weighted by Gasteiger charge is -2.44. The first-order valence-corrected chi connectivity index (χ1v) is 14.9. The first-order valence-electron chi connectivity index (χ1n) is 14.9. The molecule has 4 aromatic rings. The van der Waals surface area contributed by atoms with Crippen LogP contribution in [0.5, 0.6) is 0 Å². The van der Waals surface area contributed by atoms with E-state index >= 15 is 0 Å². The molecule has 1 aliphatic carbocycles. The van der Waals surface area contributed by atoms with Crippen molar-refractivity contribution in [3.05, 3.63) is 121 Å². The lowest BCUT2D eigenvalue weighted by molar-refractivity contribution is -0.947. The zero-order chi connectivity index (χ0) is 26.7. The summed E-state index contributed by atoms with van der Waals surface area (Å²) in [5.74, 6) is 0. The Hall–Kier alpha value is -3.10. The monoisotopic (exact) mass is 503 g/mol. The van der Waals surface area contributed by atoms with Gasteiger partial charge in [-0.1, -0.05) is 128 Å². The minimum atomic E-state index is -1.22. The molecule has 0 saturated heterocycles. The highest BCUT2D eigenvalue weighted by Gasteiger charge is 2.33. The highest BCUT2D eigenvalue weighted by molar-refractivity contribution is 7.19. The summed E-state index contributed by atoms with van der Waals surface area (Å²) in [4.78, 5) is 0. The van der Waals surface area contributed by atoms with E-state index in [-0.39, 0.29) is 0 Å². The zero-order valence-corrected chi connectivity index (χ0v) is 23.8. The molecule has 2 heteroatoms. The van der Waals surface area contributed by atoms with Crippen LogP contribution >= 0.6 is 0 Å². The van der Waals surface area contributed by atoms with Crippen molar-refractivity contribution >= 4 is 28.0 Å². The Labute approximate surface area is 232 Å². The van der Waals surface area contributed by atoms with E-state index in [1.807, 2.05) is 0 Å². The fraction of sp³-hybridized carbons (Fsp3) is 0.333. The van der Waals surface area contributed by atoms with Crippen molar-refractivity contribution in [2.24, 2.45) is 0 Å². The van der Waals surface area contributed by atoms with E-state index in [4.69, 9.17) is 0 Å². The van der Waals surface area contributed by atoms with Crippen molar-refractivity contribution in [2.45, 2.75) is 58.9 Å². The molecule has 0 N–H and O–H groups in total. The van der Waals surface area contributed by atoms with Gasteiger partial charge in [-0.15, -0.1) is 0 Å². The van der Waals surface area contributed by atoms with Crippen molar-refractivity contribution in [1.82, 2.24) is 0 Å². The van der Waals surface area contributed by atoms with Crippen molar-refractivity contribution in [2.75, 3.05) is 19.6 Å². The predicted octanol–water partition coefficient (Wildman–Crippen LogP) is 6.26. The van der Waals surface area contributed by atoms with Crippen LogP contribution in [0.25, 0.3) is 0 Å². The summed E-state index contributed by atoms with van der Waals surface area (Å²) in [5.41, 5.74) is 5.36. The van der Waals surface area contributed by atoms with Crippen molar-refractivity contribution < 1.29 is 4.48 Å². The van der Waals surface area contributed by atoms with Gasteiger partial charge in [0.2, 0.25) is 0 Å². The van der Waals surface area contributed by atoms with Gasteiger partial charge in [-0.3, -0.25) is 0 Å². The SMILES string of the molecule is CC[N+](CC)(CC)C1CCCCC1.c1ccc([B-](c2ccccc2)(c2ccccc2)c2ccccc2)cc1. The fourth-order valence-corrected chi connectivity index (χ4v) is 7.20. The number of hydrogen-bond donors (Lipinski definition) is 0. The van der Waals surface area contributed by atoms with Crippen molar-refractivity contribution in [3.63, 3.8) is 0 Å². The smallest absolute Gasteiger partial charge is 0.108 e. The lowest BCUT2D eigenvalue weighted by atomic mass is 9.13. The summed E-state index contributed by atoms with van der Waals surface area (Å²) < 4.78 is 1.38. The zero-order valence-electron chi connectivity index (χ0n) is 23.8. The van der Waals surface area contributed by atoms with Crippen LogP contribution in [-0.2, 0) is 0 Å². The minimum Gasteiger partial charge on any atom is -0.322 e. The quantitative estimate of drug-likeness (QED) is 0.197. The highest BCUT2D eigenvalue weighted by atomic mass is 15.4. The molecule has 0 atom stereocenters. The molecule has 0 aromatic heterocycles. The summed E-state index contributed by atoms with van der Waals surface area (Å²) >= 11 is 0. The van der Waals surface area contributed by atoms with E-state index in [1.165, 1.54) is 78.1 Å². The molecule has 0 radical (unpaired) electrons. The molecule has 4 aromatic carbocycles. The average molecular weight is 504 g/mol. The molecule has 1 saturated carbocycles. The molecule has 0 aliphatic heterocycles. The first kappa shape index (κ1) is 27.9. The van der Waals surface area contributed by atoms with Gasteiger partial charge in [-0.05, 0) is 46.5 Å². The Morgan fingerprint density at radius 2 is 0.763 bits per heavy atom. The average Bonchev–Trinajstić information content (AvgIpc) is 3.02. The van der Waals surface area contributed by atoms with Crippen LogP contribution in [0.3, 0.4) is 0 Å². The maximum Gasteiger partial charge on any atom is 0.108 e. The number of benzene rings is 4. The second kappa shape index (κ2) is 13.6. The summed E-state index contributed by atoms with van der Waals surface area (Å²) in [6.45, 7) is 11.1. The molecule has 1 aliphatic rings. The van der Waals surface area contributed by atoms with Gasteiger partial charge in [0.25, 0.3) is 0 Å². The van der Waals surface area contributed by atoms with Crippen LogP contribution in [0.2, 0.25) is 0 Å². The third kappa shape index (κ3) is 5.81. The molecule has 0 spiro atoms. The molecule has 0 heterocycles. The van der Waals surface area contributed by atoms with Crippen LogP contribution in [0.15, 0.2) is 121 Å². The topological polar surface area (TPSA) is 0 Å². The van der Waals surface area contributed by atoms with Gasteiger partial charge in [-0.25, -0.2) is 0 Å². The van der Waals surface area contributed by atoms with Crippen LogP contribution in [0, 0.1) is 0 Å². The summed E-state index contributed by atoms with van der Waals surface area (Å²) in [6, 6.07) is 44.5. The second-order valence-corrected chi connectivity index (χ2v) is 11.0. The number of nitrogens with zero attached hydrogens (tertiary/aromatic N) is 1. The Bertz CT molecular complexity index is 1010. The number of hydrogen-bond acceptors (Lipinski definition) is 0. The van der Waals surface area contributed by atoms with E-state index in [0.29, 0.717) is 0 Å². The van der Waals surface area contributed by atoms with Crippen molar-refractivity contribution in [1.29, 1.82) is 0 Å². The van der Waals surface area contributed by atoms with Gasteiger partial charge in [0, 0.05) is 0 Å². The van der Waals surface area contributed by atoms with E-state index in [0.717, 1.165) is 6.04 Å². The molecule has 0 bridgehead atoms.